The maximum atomic E-state index is 5.28. The van der Waals surface area contributed by atoms with Crippen LogP contribution in [-0.4, -0.2) is 12.8 Å². The topological polar surface area (TPSA) is 35.2 Å². The molecule has 10 heavy (non-hydrogen) atoms. The highest BCUT2D eigenvalue weighted by atomic mass is 16.5. The summed E-state index contributed by atoms with van der Waals surface area (Å²) < 4.78 is 5.28. The first-order chi connectivity index (χ1) is 4.54. The fourth-order valence-electron chi connectivity index (χ4n) is 0.657. The quantitative estimate of drug-likeness (QED) is 0.612. The molecule has 0 fully saturated rings. The van der Waals surface area contributed by atoms with Gasteiger partial charge in [0.2, 0.25) is 0 Å². The first-order valence-corrected chi connectivity index (χ1v) is 3.86. The van der Waals surface area contributed by atoms with Crippen molar-refractivity contribution >= 4 is 0 Å². The Hall–Kier alpha value is -0.0800. The minimum Gasteiger partial charge on any atom is -0.363 e. The Labute approximate surface area is 63.7 Å². The molecule has 0 aliphatic carbocycles. The molecule has 0 saturated carbocycles. The molecule has 0 saturated heterocycles. The number of hydrogen-bond acceptors (Lipinski definition) is 2. The summed E-state index contributed by atoms with van der Waals surface area (Å²) in [5.74, 6) is 0. The molecule has 0 aliphatic rings. The van der Waals surface area contributed by atoms with Crippen LogP contribution in [0.1, 0.15) is 34.1 Å². The van der Waals surface area contributed by atoms with Crippen LogP contribution in [0.2, 0.25) is 0 Å². The standard InChI is InChI=1S/C8H19NO/c1-5-8(3,4)7(2)10-6-9/h7H,5-6,9H2,1-4H3. The maximum absolute atomic E-state index is 5.28. The molecule has 0 aromatic carbocycles. The van der Waals surface area contributed by atoms with Gasteiger partial charge < -0.3 is 10.5 Å². The summed E-state index contributed by atoms with van der Waals surface area (Å²) in [6, 6.07) is 0. The summed E-state index contributed by atoms with van der Waals surface area (Å²) >= 11 is 0. The molecule has 0 bridgehead atoms. The van der Waals surface area contributed by atoms with Crippen LogP contribution in [-0.2, 0) is 4.74 Å². The highest BCUT2D eigenvalue weighted by molar-refractivity contribution is 4.73. The molecule has 2 heteroatoms. The van der Waals surface area contributed by atoms with Crippen LogP contribution in [0.4, 0.5) is 0 Å². The van der Waals surface area contributed by atoms with Gasteiger partial charge in [0.15, 0.2) is 0 Å². The minimum atomic E-state index is 0.249. The van der Waals surface area contributed by atoms with Crippen LogP contribution in [0.3, 0.4) is 0 Å². The lowest BCUT2D eigenvalue weighted by Crippen LogP contribution is -2.30. The van der Waals surface area contributed by atoms with Gasteiger partial charge in [-0.3, -0.25) is 0 Å². The van der Waals surface area contributed by atoms with Crippen molar-refractivity contribution in [2.24, 2.45) is 11.1 Å². The highest BCUT2D eigenvalue weighted by Gasteiger charge is 2.23. The van der Waals surface area contributed by atoms with Crippen molar-refractivity contribution in [3.63, 3.8) is 0 Å². The van der Waals surface area contributed by atoms with Crippen molar-refractivity contribution in [1.29, 1.82) is 0 Å². The number of rotatable bonds is 4. The zero-order chi connectivity index (χ0) is 8.20. The van der Waals surface area contributed by atoms with Gasteiger partial charge >= 0.3 is 0 Å². The third-order valence-electron chi connectivity index (χ3n) is 2.36. The molecule has 0 aromatic rings. The molecule has 62 valence electrons. The van der Waals surface area contributed by atoms with Gasteiger partial charge in [-0.15, -0.1) is 0 Å². The summed E-state index contributed by atoms with van der Waals surface area (Å²) in [5, 5.41) is 0. The van der Waals surface area contributed by atoms with Gasteiger partial charge in [-0.05, 0) is 18.8 Å². The number of ether oxygens (including phenoxy) is 1. The molecule has 0 aliphatic heterocycles. The molecule has 2 N–H and O–H groups in total. The van der Waals surface area contributed by atoms with E-state index in [4.69, 9.17) is 10.5 Å². The first kappa shape index (κ1) is 9.92. The summed E-state index contributed by atoms with van der Waals surface area (Å²) in [7, 11) is 0. The Morgan fingerprint density at radius 2 is 2.00 bits per heavy atom. The van der Waals surface area contributed by atoms with Gasteiger partial charge in [0.25, 0.3) is 0 Å². The second-order valence-corrected chi connectivity index (χ2v) is 3.32. The third kappa shape index (κ3) is 2.67. The van der Waals surface area contributed by atoms with Crippen LogP contribution < -0.4 is 5.73 Å². The number of hydrogen-bond donors (Lipinski definition) is 1. The van der Waals surface area contributed by atoms with Crippen LogP contribution in [0.25, 0.3) is 0 Å². The Morgan fingerprint density at radius 1 is 1.50 bits per heavy atom. The SMILES string of the molecule is CCC(C)(C)C(C)OCN. The van der Waals surface area contributed by atoms with E-state index >= 15 is 0 Å². The van der Waals surface area contributed by atoms with E-state index in [0.717, 1.165) is 6.42 Å². The second kappa shape index (κ2) is 3.94. The van der Waals surface area contributed by atoms with Crippen molar-refractivity contribution in [3.8, 4) is 0 Å². The van der Waals surface area contributed by atoms with E-state index in [1.165, 1.54) is 0 Å². The van der Waals surface area contributed by atoms with E-state index in [1.54, 1.807) is 0 Å². The summed E-state index contributed by atoms with van der Waals surface area (Å²) in [5.41, 5.74) is 5.51. The second-order valence-electron chi connectivity index (χ2n) is 3.32. The van der Waals surface area contributed by atoms with E-state index in [0.29, 0.717) is 6.73 Å². The van der Waals surface area contributed by atoms with E-state index in [2.05, 4.69) is 27.7 Å². The Balaban J connectivity index is 3.78. The zero-order valence-electron chi connectivity index (χ0n) is 7.48. The molecule has 0 amide bonds. The molecular weight excluding hydrogens is 126 g/mol. The van der Waals surface area contributed by atoms with Crippen LogP contribution >= 0.6 is 0 Å². The lowest BCUT2D eigenvalue weighted by molar-refractivity contribution is -0.0117. The molecular formula is C8H19NO. The molecule has 2 nitrogen and oxygen atoms in total. The molecule has 0 aromatic heterocycles. The average Bonchev–Trinajstić information content (AvgIpc) is 1.89. The molecule has 0 spiro atoms. The van der Waals surface area contributed by atoms with Gasteiger partial charge in [-0.2, -0.15) is 0 Å². The van der Waals surface area contributed by atoms with Crippen LogP contribution in [0, 0.1) is 5.41 Å². The van der Waals surface area contributed by atoms with Crippen molar-refractivity contribution in [2.75, 3.05) is 6.73 Å². The monoisotopic (exact) mass is 145 g/mol. The fraction of sp³-hybridized carbons (Fsp3) is 1.00. The molecule has 0 radical (unpaired) electrons. The lowest BCUT2D eigenvalue weighted by Gasteiger charge is -2.29. The Bertz CT molecular complexity index is 91.3. The van der Waals surface area contributed by atoms with E-state index < -0.39 is 0 Å². The van der Waals surface area contributed by atoms with Crippen molar-refractivity contribution in [2.45, 2.75) is 40.2 Å². The maximum Gasteiger partial charge on any atom is 0.0944 e. The molecule has 0 rings (SSSR count). The van der Waals surface area contributed by atoms with E-state index in [9.17, 15) is 0 Å². The Kier molecular flexibility index (Phi) is 3.91. The highest BCUT2D eigenvalue weighted by Crippen LogP contribution is 2.26. The molecule has 1 unspecified atom stereocenters. The zero-order valence-corrected chi connectivity index (χ0v) is 7.48. The lowest BCUT2D eigenvalue weighted by atomic mass is 9.85. The normalized spacial score (nSPS) is 15.3. The summed E-state index contributed by atoms with van der Waals surface area (Å²) in [6.45, 7) is 8.93. The van der Waals surface area contributed by atoms with E-state index in [1.807, 2.05) is 0 Å². The smallest absolute Gasteiger partial charge is 0.0944 e. The third-order valence-corrected chi connectivity index (χ3v) is 2.36. The van der Waals surface area contributed by atoms with Gasteiger partial charge in [0.05, 0.1) is 12.8 Å². The van der Waals surface area contributed by atoms with Gasteiger partial charge in [0, 0.05) is 0 Å². The van der Waals surface area contributed by atoms with Crippen molar-refractivity contribution < 1.29 is 4.74 Å². The number of nitrogens with two attached hydrogens (primary N) is 1. The summed E-state index contributed by atoms with van der Waals surface area (Å²) in [4.78, 5) is 0. The van der Waals surface area contributed by atoms with Crippen molar-refractivity contribution in [3.05, 3.63) is 0 Å². The molecule has 0 heterocycles. The largest absolute Gasteiger partial charge is 0.363 e. The summed E-state index contributed by atoms with van der Waals surface area (Å²) in [6.07, 6.45) is 1.37. The molecule has 1 atom stereocenters. The van der Waals surface area contributed by atoms with Crippen LogP contribution in [0.15, 0.2) is 0 Å². The van der Waals surface area contributed by atoms with Gasteiger partial charge in [-0.25, -0.2) is 0 Å². The van der Waals surface area contributed by atoms with E-state index in [-0.39, 0.29) is 11.5 Å². The van der Waals surface area contributed by atoms with Crippen LogP contribution in [0.5, 0.6) is 0 Å². The van der Waals surface area contributed by atoms with Gasteiger partial charge in [0.1, 0.15) is 0 Å². The Morgan fingerprint density at radius 3 is 2.30 bits per heavy atom. The predicted molar refractivity (Wildman–Crippen MR) is 43.7 cm³/mol. The predicted octanol–water partition coefficient (Wildman–Crippen LogP) is 1.74. The fourth-order valence-corrected chi connectivity index (χ4v) is 0.657. The van der Waals surface area contributed by atoms with Gasteiger partial charge in [-0.1, -0.05) is 20.8 Å². The first-order valence-electron chi connectivity index (χ1n) is 3.86. The average molecular weight is 145 g/mol. The van der Waals surface area contributed by atoms with Crippen molar-refractivity contribution in [1.82, 2.24) is 0 Å². The minimum absolute atomic E-state index is 0.249.